The Morgan fingerprint density at radius 2 is 1.86 bits per heavy atom. The largest absolute Gasteiger partial charge is 0.504 e. The van der Waals surface area contributed by atoms with E-state index in [1.807, 2.05) is 24.3 Å². The highest BCUT2D eigenvalue weighted by molar-refractivity contribution is 5.84. The van der Waals surface area contributed by atoms with Gasteiger partial charge in [0.15, 0.2) is 11.5 Å². The average molecular weight is 398 g/mol. The molecule has 154 valence electrons. The minimum absolute atomic E-state index is 0.117. The Labute approximate surface area is 169 Å². The van der Waals surface area contributed by atoms with Gasteiger partial charge in [-0.15, -0.1) is 0 Å². The Hall–Kier alpha value is -3.19. The molecule has 3 rings (SSSR count). The first-order chi connectivity index (χ1) is 14.1. The van der Waals surface area contributed by atoms with Gasteiger partial charge in [-0.3, -0.25) is 4.79 Å². The molecule has 29 heavy (non-hydrogen) atoms. The van der Waals surface area contributed by atoms with Crippen molar-refractivity contribution in [3.63, 3.8) is 0 Å². The van der Waals surface area contributed by atoms with E-state index in [0.29, 0.717) is 24.5 Å². The SMILES string of the molecule is COc1ccc(CCNCCCOc2cccc3[nH]c(=O)ccc23)c(O)c1OC. The van der Waals surface area contributed by atoms with Crippen LogP contribution in [0.3, 0.4) is 0 Å². The maximum absolute atomic E-state index is 11.4. The third-order valence-electron chi connectivity index (χ3n) is 4.65. The number of phenols is 1. The molecule has 2 aromatic carbocycles. The number of pyridine rings is 1. The fourth-order valence-electron chi connectivity index (χ4n) is 3.16. The van der Waals surface area contributed by atoms with E-state index in [9.17, 15) is 9.90 Å². The second-order valence-corrected chi connectivity index (χ2v) is 6.55. The third-order valence-corrected chi connectivity index (χ3v) is 4.65. The van der Waals surface area contributed by atoms with Crippen molar-refractivity contribution in [1.82, 2.24) is 10.3 Å². The first-order valence-electron chi connectivity index (χ1n) is 9.52. The molecule has 7 nitrogen and oxygen atoms in total. The third kappa shape index (κ3) is 5.00. The molecule has 0 saturated heterocycles. The second-order valence-electron chi connectivity index (χ2n) is 6.55. The highest BCUT2D eigenvalue weighted by Crippen LogP contribution is 2.38. The van der Waals surface area contributed by atoms with Crippen LogP contribution in [0.1, 0.15) is 12.0 Å². The minimum Gasteiger partial charge on any atom is -0.504 e. The molecule has 0 aliphatic rings. The fourth-order valence-corrected chi connectivity index (χ4v) is 3.16. The zero-order valence-corrected chi connectivity index (χ0v) is 16.7. The van der Waals surface area contributed by atoms with Gasteiger partial charge in [0.1, 0.15) is 5.75 Å². The molecule has 0 bridgehead atoms. The molecule has 0 atom stereocenters. The van der Waals surface area contributed by atoms with Crippen molar-refractivity contribution in [3.8, 4) is 23.0 Å². The highest BCUT2D eigenvalue weighted by atomic mass is 16.5. The van der Waals surface area contributed by atoms with Crippen LogP contribution in [0.4, 0.5) is 0 Å². The summed E-state index contributed by atoms with van der Waals surface area (Å²) in [4.78, 5) is 14.2. The van der Waals surface area contributed by atoms with Crippen molar-refractivity contribution >= 4 is 10.9 Å². The van der Waals surface area contributed by atoms with Gasteiger partial charge in [0.25, 0.3) is 0 Å². The van der Waals surface area contributed by atoms with E-state index in [1.54, 1.807) is 12.1 Å². The van der Waals surface area contributed by atoms with E-state index in [0.717, 1.165) is 41.7 Å². The van der Waals surface area contributed by atoms with Crippen molar-refractivity contribution in [2.24, 2.45) is 0 Å². The lowest BCUT2D eigenvalue weighted by atomic mass is 10.1. The summed E-state index contributed by atoms with van der Waals surface area (Å²) >= 11 is 0. The van der Waals surface area contributed by atoms with Gasteiger partial charge in [-0.05, 0) is 55.8 Å². The molecule has 3 aromatic rings. The van der Waals surface area contributed by atoms with Crippen molar-refractivity contribution in [3.05, 3.63) is 58.4 Å². The van der Waals surface area contributed by atoms with Crippen LogP contribution in [0, 0.1) is 0 Å². The Balaban J connectivity index is 1.43. The number of aromatic amines is 1. The molecule has 0 fully saturated rings. The fraction of sp³-hybridized carbons (Fsp3) is 0.318. The summed E-state index contributed by atoms with van der Waals surface area (Å²) in [6, 6.07) is 12.5. The predicted octanol–water partition coefficient (Wildman–Crippen LogP) is 2.85. The van der Waals surface area contributed by atoms with Crippen LogP contribution in [-0.4, -0.2) is 44.0 Å². The molecule has 1 aromatic heterocycles. The number of aromatic hydroxyl groups is 1. The molecule has 0 aliphatic heterocycles. The van der Waals surface area contributed by atoms with Gasteiger partial charge in [0.05, 0.1) is 26.3 Å². The predicted molar refractivity (Wildman–Crippen MR) is 112 cm³/mol. The van der Waals surface area contributed by atoms with Crippen molar-refractivity contribution in [1.29, 1.82) is 0 Å². The first-order valence-corrected chi connectivity index (χ1v) is 9.52. The van der Waals surface area contributed by atoms with Crippen LogP contribution in [0.15, 0.2) is 47.3 Å². The second kappa shape index (κ2) is 9.84. The molecule has 0 saturated carbocycles. The molecule has 0 amide bonds. The van der Waals surface area contributed by atoms with Gasteiger partial charge in [-0.1, -0.05) is 12.1 Å². The summed E-state index contributed by atoms with van der Waals surface area (Å²) in [5, 5.41) is 14.5. The van der Waals surface area contributed by atoms with E-state index in [1.165, 1.54) is 20.3 Å². The van der Waals surface area contributed by atoms with Crippen LogP contribution >= 0.6 is 0 Å². The average Bonchev–Trinajstić information content (AvgIpc) is 2.73. The van der Waals surface area contributed by atoms with Crippen LogP contribution in [0.5, 0.6) is 23.0 Å². The van der Waals surface area contributed by atoms with E-state index >= 15 is 0 Å². The Morgan fingerprint density at radius 3 is 2.66 bits per heavy atom. The highest BCUT2D eigenvalue weighted by Gasteiger charge is 2.13. The lowest BCUT2D eigenvalue weighted by molar-refractivity contribution is 0.311. The van der Waals surface area contributed by atoms with Crippen LogP contribution < -0.4 is 25.1 Å². The quantitative estimate of drug-likeness (QED) is 0.455. The number of H-pyrrole nitrogens is 1. The molecule has 1 heterocycles. The van der Waals surface area contributed by atoms with Crippen molar-refractivity contribution in [2.45, 2.75) is 12.8 Å². The topological polar surface area (TPSA) is 92.8 Å². The molecule has 0 radical (unpaired) electrons. The van der Waals surface area contributed by atoms with Crippen molar-refractivity contribution < 1.29 is 19.3 Å². The van der Waals surface area contributed by atoms with Crippen LogP contribution in [-0.2, 0) is 6.42 Å². The number of ether oxygens (including phenoxy) is 3. The number of nitrogens with one attached hydrogen (secondary N) is 2. The van der Waals surface area contributed by atoms with Gasteiger partial charge in [-0.2, -0.15) is 0 Å². The van der Waals surface area contributed by atoms with Gasteiger partial charge in [0.2, 0.25) is 11.3 Å². The normalized spacial score (nSPS) is 10.8. The summed E-state index contributed by atoms with van der Waals surface area (Å²) in [5.41, 5.74) is 1.44. The standard InChI is InChI=1S/C22H26N2O5/c1-27-19-9-7-15(21(26)22(19)28-2)11-13-23-12-4-14-29-18-6-3-5-17-16(18)8-10-20(25)24-17/h3,5-10,23,26H,4,11-14H2,1-2H3,(H,24,25). The van der Waals surface area contributed by atoms with Gasteiger partial charge in [-0.25, -0.2) is 0 Å². The van der Waals surface area contributed by atoms with Crippen molar-refractivity contribution in [2.75, 3.05) is 33.9 Å². The van der Waals surface area contributed by atoms with Crippen LogP contribution in [0.25, 0.3) is 10.9 Å². The molecule has 0 aliphatic carbocycles. The monoisotopic (exact) mass is 398 g/mol. The molecule has 0 spiro atoms. The minimum atomic E-state index is -0.126. The Bertz CT molecular complexity index is 1020. The number of hydrogen-bond acceptors (Lipinski definition) is 6. The number of rotatable bonds is 10. The number of aromatic nitrogens is 1. The molecule has 7 heteroatoms. The number of methoxy groups -OCH3 is 2. The lowest BCUT2D eigenvalue weighted by Crippen LogP contribution is -2.20. The van der Waals surface area contributed by atoms with E-state index in [4.69, 9.17) is 14.2 Å². The first kappa shape index (κ1) is 20.5. The Morgan fingerprint density at radius 1 is 1.00 bits per heavy atom. The molecule has 0 unspecified atom stereocenters. The molecular weight excluding hydrogens is 372 g/mol. The van der Waals surface area contributed by atoms with E-state index in [2.05, 4.69) is 10.3 Å². The smallest absolute Gasteiger partial charge is 0.248 e. The maximum atomic E-state index is 11.4. The van der Waals surface area contributed by atoms with Gasteiger partial charge in [0, 0.05) is 11.5 Å². The summed E-state index contributed by atoms with van der Waals surface area (Å²) in [6.07, 6.45) is 1.50. The number of phenolic OH excluding ortho intramolecular Hbond substituents is 1. The lowest BCUT2D eigenvalue weighted by Gasteiger charge is -2.13. The summed E-state index contributed by atoms with van der Waals surface area (Å²) in [7, 11) is 3.05. The van der Waals surface area contributed by atoms with E-state index in [-0.39, 0.29) is 11.3 Å². The van der Waals surface area contributed by atoms with Gasteiger partial charge >= 0.3 is 0 Å². The van der Waals surface area contributed by atoms with E-state index < -0.39 is 0 Å². The number of hydrogen-bond donors (Lipinski definition) is 3. The molecular formula is C22H26N2O5. The zero-order valence-electron chi connectivity index (χ0n) is 16.7. The number of fused-ring (bicyclic) bond motifs is 1. The summed E-state index contributed by atoms with van der Waals surface area (Å²) < 4.78 is 16.3. The van der Waals surface area contributed by atoms with Gasteiger partial charge < -0.3 is 29.6 Å². The summed E-state index contributed by atoms with van der Waals surface area (Å²) in [5.74, 6) is 1.74. The zero-order chi connectivity index (χ0) is 20.6. The maximum Gasteiger partial charge on any atom is 0.248 e. The van der Waals surface area contributed by atoms with Crippen LogP contribution in [0.2, 0.25) is 0 Å². The molecule has 3 N–H and O–H groups in total. The Kier molecular flexibility index (Phi) is 6.97. The number of benzene rings is 2. The summed E-state index contributed by atoms with van der Waals surface area (Å²) in [6.45, 7) is 2.07.